The monoisotopic (exact) mass is 202 g/mol. The Balaban J connectivity index is 1.95. The summed E-state index contributed by atoms with van der Waals surface area (Å²) in [6, 6.07) is 3.98. The molecule has 66 valence electrons. The van der Waals surface area contributed by atoms with Gasteiger partial charge in [-0.3, -0.25) is 0 Å². The van der Waals surface area contributed by atoms with E-state index in [1.54, 1.807) is 11.3 Å². The van der Waals surface area contributed by atoms with E-state index in [1.807, 2.05) is 6.07 Å². The number of halogens is 1. The van der Waals surface area contributed by atoms with Gasteiger partial charge in [-0.2, -0.15) is 0 Å². The molecular formula is C9H11ClOS. The van der Waals surface area contributed by atoms with Crippen molar-refractivity contribution in [3.8, 4) is 0 Å². The number of hydrogen-bond acceptors (Lipinski definition) is 2. The SMILES string of the molecule is OC1CCC1Cc1ccc(Cl)s1. The van der Waals surface area contributed by atoms with E-state index >= 15 is 0 Å². The van der Waals surface area contributed by atoms with Crippen LogP contribution in [0, 0.1) is 5.92 Å². The average molecular weight is 203 g/mol. The molecule has 12 heavy (non-hydrogen) atoms. The summed E-state index contributed by atoms with van der Waals surface area (Å²) in [5, 5.41) is 9.35. The van der Waals surface area contributed by atoms with Crippen molar-refractivity contribution in [3.05, 3.63) is 21.3 Å². The lowest BCUT2D eigenvalue weighted by Crippen LogP contribution is -2.32. The number of aliphatic hydroxyl groups is 1. The fourth-order valence-corrected chi connectivity index (χ4v) is 2.69. The van der Waals surface area contributed by atoms with E-state index in [0.29, 0.717) is 5.92 Å². The number of hydrogen-bond donors (Lipinski definition) is 1. The molecule has 2 unspecified atom stereocenters. The highest BCUT2D eigenvalue weighted by Gasteiger charge is 2.28. The Kier molecular flexibility index (Phi) is 2.40. The van der Waals surface area contributed by atoms with Crippen LogP contribution < -0.4 is 0 Å². The topological polar surface area (TPSA) is 20.2 Å². The molecule has 2 atom stereocenters. The Labute approximate surface area is 81.0 Å². The van der Waals surface area contributed by atoms with Gasteiger partial charge in [0.25, 0.3) is 0 Å². The van der Waals surface area contributed by atoms with Crippen LogP contribution in [0.5, 0.6) is 0 Å². The minimum atomic E-state index is -0.0640. The quantitative estimate of drug-likeness (QED) is 0.782. The van der Waals surface area contributed by atoms with Crippen molar-refractivity contribution in [3.63, 3.8) is 0 Å². The third kappa shape index (κ3) is 1.65. The van der Waals surface area contributed by atoms with E-state index in [-0.39, 0.29) is 6.10 Å². The first-order valence-electron chi connectivity index (χ1n) is 4.18. The van der Waals surface area contributed by atoms with Crippen molar-refractivity contribution in [1.82, 2.24) is 0 Å². The highest BCUT2D eigenvalue weighted by Crippen LogP contribution is 2.33. The molecule has 1 fully saturated rings. The number of rotatable bonds is 2. The Morgan fingerprint density at radius 3 is 2.75 bits per heavy atom. The van der Waals surface area contributed by atoms with Crippen LogP contribution in [-0.4, -0.2) is 11.2 Å². The van der Waals surface area contributed by atoms with E-state index in [9.17, 15) is 5.11 Å². The second-order valence-corrected chi connectivity index (χ2v) is 5.11. The van der Waals surface area contributed by atoms with Gasteiger partial charge in [0, 0.05) is 4.88 Å². The zero-order valence-electron chi connectivity index (χ0n) is 6.66. The molecular weight excluding hydrogens is 192 g/mol. The lowest BCUT2D eigenvalue weighted by molar-refractivity contribution is 0.0248. The van der Waals surface area contributed by atoms with Crippen LogP contribution in [-0.2, 0) is 6.42 Å². The summed E-state index contributed by atoms with van der Waals surface area (Å²) >= 11 is 7.42. The second kappa shape index (κ2) is 3.36. The highest BCUT2D eigenvalue weighted by atomic mass is 35.5. The van der Waals surface area contributed by atoms with Crippen LogP contribution in [0.3, 0.4) is 0 Å². The van der Waals surface area contributed by atoms with Gasteiger partial charge in [-0.1, -0.05) is 11.6 Å². The Hall–Kier alpha value is -0.0500. The molecule has 1 saturated carbocycles. The highest BCUT2D eigenvalue weighted by molar-refractivity contribution is 7.16. The molecule has 1 heterocycles. The molecule has 1 N–H and O–H groups in total. The van der Waals surface area contributed by atoms with Crippen LogP contribution in [0.15, 0.2) is 12.1 Å². The van der Waals surface area contributed by atoms with Gasteiger partial charge in [0.05, 0.1) is 10.4 Å². The smallest absolute Gasteiger partial charge is 0.0931 e. The van der Waals surface area contributed by atoms with Gasteiger partial charge >= 0.3 is 0 Å². The normalized spacial score (nSPS) is 28.5. The van der Waals surface area contributed by atoms with Crippen molar-refractivity contribution >= 4 is 22.9 Å². The number of aliphatic hydroxyl groups excluding tert-OH is 1. The Morgan fingerprint density at radius 2 is 2.33 bits per heavy atom. The van der Waals surface area contributed by atoms with Crippen LogP contribution in [0.2, 0.25) is 4.34 Å². The van der Waals surface area contributed by atoms with Crippen molar-refractivity contribution in [1.29, 1.82) is 0 Å². The van der Waals surface area contributed by atoms with E-state index in [4.69, 9.17) is 11.6 Å². The Bertz CT molecular complexity index is 271. The number of thiophene rings is 1. The van der Waals surface area contributed by atoms with Gasteiger partial charge in [-0.05, 0) is 37.3 Å². The summed E-state index contributed by atoms with van der Waals surface area (Å²) < 4.78 is 0.846. The molecule has 0 spiro atoms. The zero-order chi connectivity index (χ0) is 8.55. The van der Waals surface area contributed by atoms with Crippen molar-refractivity contribution in [2.24, 2.45) is 5.92 Å². The van der Waals surface area contributed by atoms with Gasteiger partial charge < -0.3 is 5.11 Å². The van der Waals surface area contributed by atoms with Crippen LogP contribution in [0.25, 0.3) is 0 Å². The van der Waals surface area contributed by atoms with Gasteiger partial charge in [0.1, 0.15) is 0 Å². The molecule has 1 aromatic heterocycles. The van der Waals surface area contributed by atoms with E-state index < -0.39 is 0 Å². The van der Waals surface area contributed by atoms with Crippen LogP contribution in [0.4, 0.5) is 0 Å². The standard InChI is InChI=1S/C9H11ClOS/c10-9-4-2-7(12-9)5-6-1-3-8(6)11/h2,4,6,8,11H,1,3,5H2. The molecule has 0 amide bonds. The average Bonchev–Trinajstić information content (AvgIpc) is 2.44. The summed E-state index contributed by atoms with van der Waals surface area (Å²) in [6.45, 7) is 0. The molecule has 1 aromatic rings. The molecule has 0 saturated heterocycles. The largest absolute Gasteiger partial charge is 0.393 e. The predicted octanol–water partition coefficient (Wildman–Crippen LogP) is 2.71. The first kappa shape index (κ1) is 8.54. The fraction of sp³-hybridized carbons (Fsp3) is 0.556. The summed E-state index contributed by atoms with van der Waals surface area (Å²) in [4.78, 5) is 1.30. The minimum absolute atomic E-state index is 0.0640. The zero-order valence-corrected chi connectivity index (χ0v) is 8.24. The molecule has 1 aliphatic rings. The second-order valence-electron chi connectivity index (χ2n) is 3.31. The summed E-state index contributed by atoms with van der Waals surface area (Å²) in [7, 11) is 0. The van der Waals surface area contributed by atoms with E-state index in [0.717, 1.165) is 23.6 Å². The van der Waals surface area contributed by atoms with Crippen LogP contribution >= 0.6 is 22.9 Å². The van der Waals surface area contributed by atoms with E-state index in [1.165, 1.54) is 4.88 Å². The van der Waals surface area contributed by atoms with Crippen LogP contribution in [0.1, 0.15) is 17.7 Å². The first-order chi connectivity index (χ1) is 5.75. The molecule has 1 nitrogen and oxygen atoms in total. The predicted molar refractivity (Wildman–Crippen MR) is 51.8 cm³/mol. The lowest BCUT2D eigenvalue weighted by Gasteiger charge is -2.31. The molecule has 1 aliphatic carbocycles. The molecule has 2 rings (SSSR count). The molecule has 0 radical (unpaired) electrons. The fourth-order valence-electron chi connectivity index (χ4n) is 1.51. The van der Waals surface area contributed by atoms with E-state index in [2.05, 4.69) is 6.07 Å². The maximum atomic E-state index is 9.35. The minimum Gasteiger partial charge on any atom is -0.393 e. The maximum absolute atomic E-state index is 9.35. The molecule has 3 heteroatoms. The van der Waals surface area contributed by atoms with Crippen molar-refractivity contribution in [2.45, 2.75) is 25.4 Å². The van der Waals surface area contributed by atoms with Gasteiger partial charge in [-0.15, -0.1) is 11.3 Å². The third-order valence-electron chi connectivity index (χ3n) is 2.47. The Morgan fingerprint density at radius 1 is 1.50 bits per heavy atom. The molecule has 0 aromatic carbocycles. The molecule has 0 bridgehead atoms. The van der Waals surface area contributed by atoms with Gasteiger partial charge in [0.15, 0.2) is 0 Å². The summed E-state index contributed by atoms with van der Waals surface area (Å²) in [6.07, 6.45) is 3.07. The van der Waals surface area contributed by atoms with Gasteiger partial charge in [-0.25, -0.2) is 0 Å². The van der Waals surface area contributed by atoms with Crippen molar-refractivity contribution in [2.75, 3.05) is 0 Å². The summed E-state index contributed by atoms with van der Waals surface area (Å²) in [5.41, 5.74) is 0. The summed E-state index contributed by atoms with van der Waals surface area (Å²) in [5.74, 6) is 0.486. The van der Waals surface area contributed by atoms with Crippen molar-refractivity contribution < 1.29 is 5.11 Å². The third-order valence-corrected chi connectivity index (χ3v) is 3.72. The first-order valence-corrected chi connectivity index (χ1v) is 5.37. The molecule has 0 aliphatic heterocycles. The lowest BCUT2D eigenvalue weighted by atomic mass is 9.79. The van der Waals surface area contributed by atoms with Gasteiger partial charge in [0.2, 0.25) is 0 Å². The maximum Gasteiger partial charge on any atom is 0.0931 e.